The van der Waals surface area contributed by atoms with Crippen molar-refractivity contribution in [2.45, 2.75) is 45.4 Å². The van der Waals surface area contributed by atoms with Gasteiger partial charge in [-0.1, -0.05) is 0 Å². The van der Waals surface area contributed by atoms with Crippen LogP contribution in [-0.4, -0.2) is 76.2 Å². The van der Waals surface area contributed by atoms with E-state index >= 15 is 4.39 Å². The number of carboxylic acid groups (broad SMARTS) is 1. The molecule has 0 saturated carbocycles. The fourth-order valence-electron chi connectivity index (χ4n) is 4.43. The molecule has 0 bridgehead atoms. The van der Waals surface area contributed by atoms with Gasteiger partial charge in [-0.05, 0) is 33.8 Å². The van der Waals surface area contributed by atoms with Crippen molar-refractivity contribution in [3.63, 3.8) is 0 Å². The molecule has 1 aromatic carbocycles. The van der Waals surface area contributed by atoms with Crippen LogP contribution in [0.4, 0.5) is 14.9 Å². The van der Waals surface area contributed by atoms with Gasteiger partial charge in [0.25, 0.3) is 0 Å². The number of aromatic carboxylic acids is 1. The van der Waals surface area contributed by atoms with E-state index in [4.69, 9.17) is 9.47 Å². The summed E-state index contributed by atoms with van der Waals surface area (Å²) >= 11 is 0. The molecule has 2 aromatic rings. The third-order valence-corrected chi connectivity index (χ3v) is 6.01. The number of anilines is 1. The average molecular weight is 477 g/mol. The van der Waals surface area contributed by atoms with Gasteiger partial charge in [0, 0.05) is 25.8 Å². The first-order chi connectivity index (χ1) is 15.9. The highest BCUT2D eigenvalue weighted by atomic mass is 19.1. The molecule has 1 aromatic heterocycles. The van der Waals surface area contributed by atoms with Gasteiger partial charge in [-0.25, -0.2) is 14.0 Å². The number of rotatable bonds is 3. The van der Waals surface area contributed by atoms with Crippen LogP contribution < -0.4 is 15.1 Å². The summed E-state index contributed by atoms with van der Waals surface area (Å²) < 4.78 is 28.4. The number of piperazine rings is 1. The molecule has 184 valence electrons. The maximum Gasteiger partial charge on any atom is 0.410 e. The minimum absolute atomic E-state index is 0.0752. The Bertz CT molecular complexity index is 1220. The Morgan fingerprint density at radius 2 is 2.00 bits per heavy atom. The van der Waals surface area contributed by atoms with E-state index in [1.165, 1.54) is 11.1 Å². The smallest absolute Gasteiger partial charge is 0.410 e. The van der Waals surface area contributed by atoms with Gasteiger partial charge in [0.2, 0.25) is 5.43 Å². The number of aliphatic hydroxyl groups is 1. The van der Waals surface area contributed by atoms with E-state index in [0.717, 1.165) is 6.07 Å². The number of carboxylic acids is 1. The average Bonchev–Trinajstić information content (AvgIpc) is 2.75. The predicted molar refractivity (Wildman–Crippen MR) is 121 cm³/mol. The molecule has 0 spiro atoms. The topological polar surface area (TPSA) is 122 Å². The minimum atomic E-state index is -1.38. The van der Waals surface area contributed by atoms with Crippen molar-refractivity contribution in [1.82, 2.24) is 9.47 Å². The molecule has 3 heterocycles. The number of carbonyl (C=O) groups is 2. The van der Waals surface area contributed by atoms with Crippen LogP contribution in [-0.2, 0) is 4.74 Å². The summed E-state index contributed by atoms with van der Waals surface area (Å²) in [6, 6.07) is 0.112. The fourth-order valence-corrected chi connectivity index (χ4v) is 4.43. The van der Waals surface area contributed by atoms with Crippen LogP contribution in [0, 0.1) is 5.82 Å². The Balaban J connectivity index is 1.77. The zero-order valence-corrected chi connectivity index (χ0v) is 19.5. The van der Waals surface area contributed by atoms with E-state index in [1.807, 2.05) is 6.92 Å². The molecule has 2 N–H and O–H groups in total. The number of hydrogen-bond acceptors (Lipinski definition) is 7. The zero-order valence-electron chi connectivity index (χ0n) is 19.5. The van der Waals surface area contributed by atoms with Crippen molar-refractivity contribution < 1.29 is 33.7 Å². The van der Waals surface area contributed by atoms with E-state index in [1.54, 1.807) is 30.2 Å². The SMILES string of the molecule is C[C@H]1COc2c(N3CCN(C(=O)OC(C)(C)C)[C@H](CO)C3)c(F)cc3c(=O)c(C(=O)O)cn1c23. The molecule has 1 saturated heterocycles. The lowest BCUT2D eigenvalue weighted by Gasteiger charge is -2.42. The zero-order chi connectivity index (χ0) is 24.9. The van der Waals surface area contributed by atoms with Crippen molar-refractivity contribution in [3.05, 3.63) is 33.9 Å². The quantitative estimate of drug-likeness (QED) is 0.690. The second kappa shape index (κ2) is 8.46. The molecule has 10 nitrogen and oxygen atoms in total. The molecule has 2 atom stereocenters. The normalized spacial score (nSPS) is 20.3. The largest absolute Gasteiger partial charge is 0.487 e. The number of hydrogen-bond donors (Lipinski definition) is 2. The summed E-state index contributed by atoms with van der Waals surface area (Å²) in [6.07, 6.45) is 0.703. The van der Waals surface area contributed by atoms with E-state index in [0.29, 0.717) is 5.52 Å². The summed E-state index contributed by atoms with van der Waals surface area (Å²) in [5, 5.41) is 19.3. The third kappa shape index (κ3) is 4.04. The molecular weight excluding hydrogens is 449 g/mol. The summed E-state index contributed by atoms with van der Waals surface area (Å²) in [5.41, 5.74) is -1.50. The molecule has 11 heteroatoms. The van der Waals surface area contributed by atoms with Gasteiger partial charge in [-0.2, -0.15) is 0 Å². The van der Waals surface area contributed by atoms with Gasteiger partial charge >= 0.3 is 12.1 Å². The highest BCUT2D eigenvalue weighted by Crippen LogP contribution is 2.42. The van der Waals surface area contributed by atoms with Gasteiger partial charge in [0.15, 0.2) is 11.6 Å². The van der Waals surface area contributed by atoms with Gasteiger partial charge in [0.05, 0.1) is 29.6 Å². The van der Waals surface area contributed by atoms with Crippen molar-refractivity contribution in [3.8, 4) is 5.75 Å². The van der Waals surface area contributed by atoms with Crippen molar-refractivity contribution in [2.75, 3.05) is 37.7 Å². The summed E-state index contributed by atoms with van der Waals surface area (Å²) in [4.78, 5) is 40.0. The summed E-state index contributed by atoms with van der Waals surface area (Å²) in [5.74, 6) is -1.99. The molecule has 4 rings (SSSR count). The second-order valence-corrected chi connectivity index (χ2v) is 9.63. The van der Waals surface area contributed by atoms with Gasteiger partial charge in [-0.3, -0.25) is 9.69 Å². The number of halogens is 1. The molecule has 0 radical (unpaired) electrons. The van der Waals surface area contributed by atoms with Crippen LogP contribution in [0.1, 0.15) is 44.1 Å². The van der Waals surface area contributed by atoms with Crippen LogP contribution in [0.3, 0.4) is 0 Å². The Morgan fingerprint density at radius 1 is 1.29 bits per heavy atom. The third-order valence-electron chi connectivity index (χ3n) is 6.01. The molecule has 1 amide bonds. The molecule has 0 unspecified atom stereocenters. The molecule has 34 heavy (non-hydrogen) atoms. The number of nitrogens with zero attached hydrogens (tertiary/aromatic N) is 3. The second-order valence-electron chi connectivity index (χ2n) is 9.63. The van der Waals surface area contributed by atoms with E-state index in [9.17, 15) is 24.6 Å². The van der Waals surface area contributed by atoms with Crippen LogP contribution in [0.2, 0.25) is 0 Å². The lowest BCUT2D eigenvalue weighted by molar-refractivity contribution is 0.00697. The van der Waals surface area contributed by atoms with Crippen molar-refractivity contribution in [2.24, 2.45) is 0 Å². The van der Waals surface area contributed by atoms with Crippen LogP contribution in [0.15, 0.2) is 17.1 Å². The minimum Gasteiger partial charge on any atom is -0.487 e. The van der Waals surface area contributed by atoms with E-state index < -0.39 is 40.5 Å². The highest BCUT2D eigenvalue weighted by Gasteiger charge is 2.36. The van der Waals surface area contributed by atoms with Crippen LogP contribution >= 0.6 is 0 Å². The number of pyridine rings is 1. The van der Waals surface area contributed by atoms with E-state index in [2.05, 4.69) is 0 Å². The van der Waals surface area contributed by atoms with Crippen LogP contribution in [0.5, 0.6) is 5.75 Å². The van der Waals surface area contributed by atoms with Gasteiger partial charge in [0.1, 0.15) is 23.5 Å². The first kappa shape index (κ1) is 23.8. The Labute approximate surface area is 195 Å². The Hall–Kier alpha value is -3.34. The first-order valence-electron chi connectivity index (χ1n) is 11.1. The van der Waals surface area contributed by atoms with Crippen molar-refractivity contribution in [1.29, 1.82) is 0 Å². The lowest BCUT2D eigenvalue weighted by atomic mass is 10.0. The highest BCUT2D eigenvalue weighted by molar-refractivity contribution is 5.97. The maximum absolute atomic E-state index is 15.4. The standard InChI is InChI=1S/C23H28FN3O7/c1-12-11-33-20-17-14(19(29)15(21(30)31)9-27(12)17)7-16(24)18(20)25-5-6-26(13(8-25)10-28)22(32)34-23(2,3)4/h7,9,12-13,28H,5-6,8,10-11H2,1-4H3,(H,30,31)/t12-,13-/m0/s1. The van der Waals surface area contributed by atoms with Gasteiger partial charge in [-0.15, -0.1) is 0 Å². The van der Waals surface area contributed by atoms with Gasteiger partial charge < -0.3 is 29.2 Å². The molecule has 2 aliphatic rings. The maximum atomic E-state index is 15.4. The molecule has 1 fully saturated rings. The fraction of sp³-hybridized carbons (Fsp3) is 0.522. The molecule has 0 aliphatic carbocycles. The lowest BCUT2D eigenvalue weighted by Crippen LogP contribution is -2.57. The number of amides is 1. The van der Waals surface area contributed by atoms with Crippen molar-refractivity contribution >= 4 is 28.7 Å². The monoisotopic (exact) mass is 477 g/mol. The molecule has 2 aliphatic heterocycles. The Kier molecular flexibility index (Phi) is 5.92. The van der Waals surface area contributed by atoms with Crippen LogP contribution in [0.25, 0.3) is 10.9 Å². The number of aromatic nitrogens is 1. The Morgan fingerprint density at radius 3 is 2.62 bits per heavy atom. The van der Waals surface area contributed by atoms with E-state index in [-0.39, 0.29) is 55.7 Å². The number of ether oxygens (including phenoxy) is 2. The number of carbonyl (C=O) groups excluding carboxylic acids is 1. The first-order valence-corrected chi connectivity index (χ1v) is 11.1. The molecular formula is C23H28FN3O7. The number of aliphatic hydroxyl groups excluding tert-OH is 1. The summed E-state index contributed by atoms with van der Waals surface area (Å²) in [7, 11) is 0. The predicted octanol–water partition coefficient (Wildman–Crippen LogP) is 2.21. The summed E-state index contributed by atoms with van der Waals surface area (Å²) in [6.45, 7) is 7.38. The number of benzene rings is 1.